The lowest BCUT2D eigenvalue weighted by atomic mass is 9.87. The highest BCUT2D eigenvalue weighted by Gasteiger charge is 2.34. The summed E-state index contributed by atoms with van der Waals surface area (Å²) in [5.41, 5.74) is -0.00127. The molecule has 1 aromatic carbocycles. The first-order valence-electron chi connectivity index (χ1n) is 13.2. The van der Waals surface area contributed by atoms with E-state index in [1.54, 1.807) is 0 Å². The molecule has 3 amide bonds. The fraction of sp³-hybridized carbons (Fsp3) is 0.556. The van der Waals surface area contributed by atoms with Gasteiger partial charge in [-0.2, -0.15) is 0 Å². The summed E-state index contributed by atoms with van der Waals surface area (Å²) in [6.45, 7) is 8.05. The Bertz CT molecular complexity index is 1160. The highest BCUT2D eigenvalue weighted by atomic mass is 19.1. The quantitative estimate of drug-likeness (QED) is 0.364. The Morgan fingerprint density at radius 2 is 1.92 bits per heavy atom. The molecule has 11 nitrogen and oxygen atoms in total. The van der Waals surface area contributed by atoms with Gasteiger partial charge in [-0.15, -0.1) is 10.2 Å². The van der Waals surface area contributed by atoms with Crippen molar-refractivity contribution in [2.75, 3.05) is 6.54 Å². The lowest BCUT2D eigenvalue weighted by molar-refractivity contribution is -0.141. The number of rotatable bonds is 11. The highest BCUT2D eigenvalue weighted by Crippen LogP contribution is 2.27. The van der Waals surface area contributed by atoms with Crippen LogP contribution >= 0.6 is 0 Å². The number of alkyl carbamates (subject to hydrolysis) is 1. The van der Waals surface area contributed by atoms with E-state index in [-0.39, 0.29) is 30.5 Å². The molecule has 1 aromatic heterocycles. The number of nitrogens with one attached hydrogen (secondary N) is 3. The van der Waals surface area contributed by atoms with Gasteiger partial charge in [0, 0.05) is 12.1 Å². The molecule has 3 rings (SSSR count). The summed E-state index contributed by atoms with van der Waals surface area (Å²) in [6, 6.07) is 3.70. The number of Topliss-reactive ketones (excluding diaryl/α,β-unsaturated/α-hetero) is 1. The molecule has 1 saturated heterocycles. The van der Waals surface area contributed by atoms with Crippen molar-refractivity contribution >= 4 is 23.7 Å². The molecule has 2 heterocycles. The lowest BCUT2D eigenvalue weighted by Crippen LogP contribution is -2.55. The molecule has 3 atom stereocenters. The van der Waals surface area contributed by atoms with Gasteiger partial charge in [0.1, 0.15) is 24.0 Å². The number of benzene rings is 1. The van der Waals surface area contributed by atoms with Crippen molar-refractivity contribution in [3.05, 3.63) is 36.0 Å². The van der Waals surface area contributed by atoms with Crippen LogP contribution in [0, 0.1) is 11.2 Å². The predicted octanol–water partition coefficient (Wildman–Crippen LogP) is 3.08. The molecule has 0 aliphatic carbocycles. The Labute approximate surface area is 226 Å². The van der Waals surface area contributed by atoms with Crippen molar-refractivity contribution < 1.29 is 32.7 Å². The molecule has 1 unspecified atom stereocenters. The number of hydrogen-bond donors (Lipinski definition) is 3. The standard InChI is InChI=1S/C27H36FN5O6/c1-5-6-8-18(22(34)24(36)30-19-9-7-14-29-23(19)35)31-26(37)38-20(27(2,3)4)15-21-32-33-25(39-21)16-10-12-17(28)13-11-16/h10-13,18-20H,5-9,14-15H2,1-4H3,(H,29,35)(H,30,36)(H,31,37)/t18-,19-,20?/m0/s1. The minimum Gasteiger partial charge on any atom is -0.445 e. The summed E-state index contributed by atoms with van der Waals surface area (Å²) in [5.74, 6) is -2.08. The topological polar surface area (TPSA) is 153 Å². The van der Waals surface area contributed by atoms with E-state index < -0.39 is 47.2 Å². The van der Waals surface area contributed by atoms with Crippen LogP contribution < -0.4 is 16.0 Å². The summed E-state index contributed by atoms with van der Waals surface area (Å²) in [5, 5.41) is 15.7. The number of hydrogen-bond acceptors (Lipinski definition) is 8. The molecular formula is C27H36FN5O6. The Morgan fingerprint density at radius 1 is 1.21 bits per heavy atom. The van der Waals surface area contributed by atoms with Crippen LogP contribution in [0.3, 0.4) is 0 Å². The van der Waals surface area contributed by atoms with Crippen LogP contribution in [-0.4, -0.2) is 58.6 Å². The molecule has 3 N–H and O–H groups in total. The number of nitrogens with zero attached hydrogens (tertiary/aromatic N) is 2. The SMILES string of the molecule is CCCC[C@H](NC(=O)OC(Cc1nnc(-c2ccc(F)cc2)o1)C(C)(C)C)C(=O)C(=O)N[C@H]1CCCNC1=O. The molecule has 1 aliphatic heterocycles. The van der Waals surface area contributed by atoms with Gasteiger partial charge in [-0.1, -0.05) is 40.5 Å². The second-order valence-electron chi connectivity index (χ2n) is 10.6. The molecule has 0 spiro atoms. The minimum atomic E-state index is -1.11. The Kier molecular flexibility index (Phi) is 10.1. The number of ether oxygens (including phenoxy) is 1. The van der Waals surface area contributed by atoms with Crippen molar-refractivity contribution in [3.8, 4) is 11.5 Å². The molecular weight excluding hydrogens is 509 g/mol. The van der Waals surface area contributed by atoms with Crippen molar-refractivity contribution in [2.24, 2.45) is 5.41 Å². The second kappa shape index (κ2) is 13.3. The number of halogens is 1. The third-order valence-electron chi connectivity index (χ3n) is 6.40. The van der Waals surface area contributed by atoms with Crippen LogP contribution in [0.2, 0.25) is 0 Å². The van der Waals surface area contributed by atoms with Crippen molar-refractivity contribution in [2.45, 2.75) is 84.4 Å². The number of ketones is 1. The average molecular weight is 546 g/mol. The van der Waals surface area contributed by atoms with Gasteiger partial charge in [0.05, 0.1) is 6.42 Å². The van der Waals surface area contributed by atoms with E-state index in [4.69, 9.17) is 9.15 Å². The van der Waals surface area contributed by atoms with Gasteiger partial charge in [0.25, 0.3) is 5.91 Å². The highest BCUT2D eigenvalue weighted by molar-refractivity contribution is 6.38. The maximum atomic E-state index is 13.2. The maximum Gasteiger partial charge on any atom is 0.408 e. The van der Waals surface area contributed by atoms with Crippen LogP contribution in [-0.2, 0) is 25.5 Å². The normalized spacial score (nSPS) is 17.1. The summed E-state index contributed by atoms with van der Waals surface area (Å²) in [4.78, 5) is 50.4. The number of unbranched alkanes of at least 4 members (excludes halogenated alkanes) is 1. The lowest BCUT2D eigenvalue weighted by Gasteiger charge is -2.30. The number of carbonyl (C=O) groups excluding carboxylic acids is 4. The maximum absolute atomic E-state index is 13.2. The van der Waals surface area contributed by atoms with E-state index in [0.717, 1.165) is 6.42 Å². The van der Waals surface area contributed by atoms with Crippen LogP contribution in [0.15, 0.2) is 28.7 Å². The fourth-order valence-corrected chi connectivity index (χ4v) is 4.01. The van der Waals surface area contributed by atoms with Crippen molar-refractivity contribution in [1.82, 2.24) is 26.1 Å². The molecule has 39 heavy (non-hydrogen) atoms. The minimum absolute atomic E-state index is 0.0932. The number of carbonyl (C=O) groups is 4. The molecule has 212 valence electrons. The Hall–Kier alpha value is -3.83. The number of amides is 3. The molecule has 1 fully saturated rings. The summed E-state index contributed by atoms with van der Waals surface area (Å²) >= 11 is 0. The van der Waals surface area contributed by atoms with E-state index in [1.165, 1.54) is 24.3 Å². The third-order valence-corrected chi connectivity index (χ3v) is 6.40. The van der Waals surface area contributed by atoms with Gasteiger partial charge < -0.3 is 25.1 Å². The molecule has 0 bridgehead atoms. The molecule has 12 heteroatoms. The van der Waals surface area contributed by atoms with Gasteiger partial charge >= 0.3 is 6.09 Å². The van der Waals surface area contributed by atoms with Crippen LogP contribution in [0.25, 0.3) is 11.5 Å². The second-order valence-corrected chi connectivity index (χ2v) is 10.6. The van der Waals surface area contributed by atoms with Crippen molar-refractivity contribution in [3.63, 3.8) is 0 Å². The van der Waals surface area contributed by atoms with Crippen molar-refractivity contribution in [1.29, 1.82) is 0 Å². The molecule has 2 aromatic rings. The van der Waals surface area contributed by atoms with Gasteiger partial charge in [-0.3, -0.25) is 14.4 Å². The van der Waals surface area contributed by atoms with Gasteiger partial charge in [0.2, 0.25) is 23.5 Å². The predicted molar refractivity (Wildman–Crippen MR) is 139 cm³/mol. The van der Waals surface area contributed by atoms with Crippen LogP contribution in [0.4, 0.5) is 9.18 Å². The Balaban J connectivity index is 1.65. The van der Waals surface area contributed by atoms with E-state index in [2.05, 4.69) is 26.1 Å². The Morgan fingerprint density at radius 3 is 2.56 bits per heavy atom. The van der Waals surface area contributed by atoms with Gasteiger partial charge in [-0.05, 0) is 48.9 Å². The first-order chi connectivity index (χ1) is 18.5. The summed E-state index contributed by atoms with van der Waals surface area (Å²) in [7, 11) is 0. The van der Waals surface area contributed by atoms with E-state index in [9.17, 15) is 23.6 Å². The van der Waals surface area contributed by atoms with E-state index in [1.807, 2.05) is 27.7 Å². The van der Waals surface area contributed by atoms with Crippen LogP contribution in [0.5, 0.6) is 0 Å². The monoisotopic (exact) mass is 545 g/mol. The fourth-order valence-electron chi connectivity index (χ4n) is 4.01. The third kappa shape index (κ3) is 8.59. The first-order valence-corrected chi connectivity index (χ1v) is 13.2. The summed E-state index contributed by atoms with van der Waals surface area (Å²) < 4.78 is 24.6. The van der Waals surface area contributed by atoms with Crippen LogP contribution in [0.1, 0.15) is 65.7 Å². The first kappa shape index (κ1) is 29.7. The largest absolute Gasteiger partial charge is 0.445 e. The zero-order chi connectivity index (χ0) is 28.6. The molecule has 0 saturated carbocycles. The zero-order valence-corrected chi connectivity index (χ0v) is 22.7. The van der Waals surface area contributed by atoms with Gasteiger partial charge in [0.15, 0.2) is 0 Å². The van der Waals surface area contributed by atoms with Gasteiger partial charge in [-0.25, -0.2) is 9.18 Å². The zero-order valence-electron chi connectivity index (χ0n) is 22.7. The molecule has 0 radical (unpaired) electrons. The number of piperidine rings is 1. The summed E-state index contributed by atoms with van der Waals surface area (Å²) in [6.07, 6.45) is 1.19. The van der Waals surface area contributed by atoms with E-state index in [0.29, 0.717) is 31.4 Å². The smallest absolute Gasteiger partial charge is 0.408 e. The number of aromatic nitrogens is 2. The van der Waals surface area contributed by atoms with E-state index >= 15 is 0 Å². The molecule has 1 aliphatic rings. The average Bonchev–Trinajstić information content (AvgIpc) is 3.35.